The van der Waals surface area contributed by atoms with Gasteiger partial charge in [0.05, 0.1) is 0 Å². The molecule has 2 unspecified atom stereocenters. The molecule has 0 bridgehead atoms. The van der Waals surface area contributed by atoms with Crippen molar-refractivity contribution in [1.29, 1.82) is 0 Å². The van der Waals surface area contributed by atoms with Gasteiger partial charge in [0.15, 0.2) is 11.4 Å². The van der Waals surface area contributed by atoms with Crippen molar-refractivity contribution in [2.45, 2.75) is 25.3 Å². The highest BCUT2D eigenvalue weighted by Crippen LogP contribution is 2.33. The van der Waals surface area contributed by atoms with Crippen LogP contribution in [0.3, 0.4) is 0 Å². The highest BCUT2D eigenvalue weighted by atomic mass is 16.5. The van der Waals surface area contributed by atoms with E-state index in [1.807, 2.05) is 62.5 Å². The van der Waals surface area contributed by atoms with Crippen molar-refractivity contribution in [3.8, 4) is 0 Å². The van der Waals surface area contributed by atoms with E-state index in [0.717, 1.165) is 11.1 Å². The van der Waals surface area contributed by atoms with Crippen LogP contribution in [0, 0.1) is 0 Å². The Morgan fingerprint density at radius 3 is 1.55 bits per heavy atom. The molecule has 108 valence electrons. The van der Waals surface area contributed by atoms with E-state index >= 15 is 0 Å². The Balaban J connectivity index is 2.52. The van der Waals surface area contributed by atoms with E-state index in [-0.39, 0.29) is 0 Å². The molecule has 0 fully saturated rings. The molecule has 0 saturated carbocycles. The summed E-state index contributed by atoms with van der Waals surface area (Å²) in [6.07, 6.45) is 15.1. The average Bonchev–Trinajstić information content (AvgIpc) is 2.40. The smallest absolute Gasteiger partial charge is 0.162 e. The molecule has 4 heteroatoms. The SMILES string of the molecule is CCOC1(N)C=CC=CC1=C1C=CC=CC1(N)OCC. The summed E-state index contributed by atoms with van der Waals surface area (Å²) < 4.78 is 11.4. The van der Waals surface area contributed by atoms with Crippen molar-refractivity contribution in [2.75, 3.05) is 13.2 Å². The molecule has 4 nitrogen and oxygen atoms in total. The van der Waals surface area contributed by atoms with Crippen LogP contribution in [-0.4, -0.2) is 24.7 Å². The van der Waals surface area contributed by atoms with E-state index < -0.39 is 11.4 Å². The summed E-state index contributed by atoms with van der Waals surface area (Å²) in [5.41, 5.74) is 12.4. The van der Waals surface area contributed by atoms with Gasteiger partial charge in [0.2, 0.25) is 0 Å². The maximum Gasteiger partial charge on any atom is 0.162 e. The van der Waals surface area contributed by atoms with Crippen LogP contribution < -0.4 is 11.5 Å². The van der Waals surface area contributed by atoms with Gasteiger partial charge in [-0.15, -0.1) is 0 Å². The monoisotopic (exact) mass is 274 g/mol. The molecule has 0 heterocycles. The Bertz CT molecular complexity index is 471. The first-order valence-electron chi connectivity index (χ1n) is 6.88. The summed E-state index contributed by atoms with van der Waals surface area (Å²) in [6.45, 7) is 4.85. The van der Waals surface area contributed by atoms with E-state index in [1.54, 1.807) is 0 Å². The van der Waals surface area contributed by atoms with Crippen LogP contribution in [0.25, 0.3) is 0 Å². The maximum atomic E-state index is 6.37. The predicted octanol–water partition coefficient (Wildman–Crippen LogP) is 1.92. The number of hydrogen-bond donors (Lipinski definition) is 2. The molecule has 0 amide bonds. The van der Waals surface area contributed by atoms with E-state index in [0.29, 0.717) is 13.2 Å². The average molecular weight is 274 g/mol. The molecule has 0 radical (unpaired) electrons. The number of nitrogens with two attached hydrogens (primary N) is 2. The van der Waals surface area contributed by atoms with Crippen molar-refractivity contribution in [3.05, 3.63) is 59.8 Å². The van der Waals surface area contributed by atoms with Crippen LogP contribution >= 0.6 is 0 Å². The quantitative estimate of drug-likeness (QED) is 0.768. The van der Waals surface area contributed by atoms with Crippen LogP contribution in [0.2, 0.25) is 0 Å². The molecule has 2 aliphatic carbocycles. The van der Waals surface area contributed by atoms with Gasteiger partial charge in [0, 0.05) is 24.4 Å². The van der Waals surface area contributed by atoms with Crippen molar-refractivity contribution in [1.82, 2.24) is 0 Å². The Morgan fingerprint density at radius 2 is 1.20 bits per heavy atom. The second-order valence-electron chi connectivity index (χ2n) is 4.72. The Hall–Kier alpha value is -1.46. The number of hydrogen-bond acceptors (Lipinski definition) is 4. The summed E-state index contributed by atoms with van der Waals surface area (Å²) in [7, 11) is 0. The lowest BCUT2D eigenvalue weighted by Gasteiger charge is -2.36. The molecule has 4 N–H and O–H groups in total. The van der Waals surface area contributed by atoms with E-state index in [4.69, 9.17) is 20.9 Å². The molecule has 0 spiro atoms. The summed E-state index contributed by atoms with van der Waals surface area (Å²) in [4.78, 5) is 0. The number of allylic oxidation sites excluding steroid dienone is 4. The minimum absolute atomic E-state index is 0.511. The molecule has 2 atom stereocenters. The Kier molecular flexibility index (Phi) is 4.40. The van der Waals surface area contributed by atoms with Crippen LogP contribution in [0.15, 0.2) is 59.8 Å². The molecule has 20 heavy (non-hydrogen) atoms. The lowest BCUT2D eigenvalue weighted by Crippen LogP contribution is -2.49. The van der Waals surface area contributed by atoms with Gasteiger partial charge in [-0.2, -0.15) is 0 Å². The predicted molar refractivity (Wildman–Crippen MR) is 80.7 cm³/mol. The molecule has 0 aromatic heterocycles. The normalized spacial score (nSPS) is 35.8. The Morgan fingerprint density at radius 1 is 0.800 bits per heavy atom. The van der Waals surface area contributed by atoms with Gasteiger partial charge in [0.25, 0.3) is 0 Å². The van der Waals surface area contributed by atoms with Gasteiger partial charge in [-0.1, -0.05) is 36.5 Å². The van der Waals surface area contributed by atoms with Gasteiger partial charge < -0.3 is 9.47 Å². The highest BCUT2D eigenvalue weighted by molar-refractivity contribution is 5.53. The van der Waals surface area contributed by atoms with Crippen LogP contribution in [-0.2, 0) is 9.47 Å². The molecule has 0 aromatic carbocycles. The zero-order valence-corrected chi connectivity index (χ0v) is 12.0. The summed E-state index contributed by atoms with van der Waals surface area (Å²) in [5, 5.41) is 0. The molecule has 0 aromatic rings. The largest absolute Gasteiger partial charge is 0.353 e. The van der Waals surface area contributed by atoms with E-state index in [9.17, 15) is 0 Å². The van der Waals surface area contributed by atoms with Crippen molar-refractivity contribution < 1.29 is 9.47 Å². The molecule has 0 saturated heterocycles. The van der Waals surface area contributed by atoms with Gasteiger partial charge in [0.1, 0.15) is 0 Å². The van der Waals surface area contributed by atoms with Crippen molar-refractivity contribution in [2.24, 2.45) is 11.5 Å². The number of ether oxygens (including phenoxy) is 2. The zero-order valence-electron chi connectivity index (χ0n) is 12.0. The third kappa shape index (κ3) is 2.69. The fourth-order valence-electron chi connectivity index (χ4n) is 2.47. The minimum atomic E-state index is -0.976. The van der Waals surface area contributed by atoms with Crippen molar-refractivity contribution in [3.63, 3.8) is 0 Å². The van der Waals surface area contributed by atoms with Crippen LogP contribution in [0.4, 0.5) is 0 Å². The van der Waals surface area contributed by atoms with E-state index in [2.05, 4.69) is 0 Å². The fraction of sp³-hybridized carbons (Fsp3) is 0.375. The molecular weight excluding hydrogens is 252 g/mol. The fourth-order valence-corrected chi connectivity index (χ4v) is 2.47. The highest BCUT2D eigenvalue weighted by Gasteiger charge is 2.37. The second kappa shape index (κ2) is 5.89. The summed E-state index contributed by atoms with van der Waals surface area (Å²) in [5.74, 6) is 0. The first-order chi connectivity index (χ1) is 9.56. The van der Waals surface area contributed by atoms with Gasteiger partial charge in [-0.05, 0) is 26.0 Å². The molecule has 2 rings (SSSR count). The third-order valence-electron chi connectivity index (χ3n) is 3.33. The van der Waals surface area contributed by atoms with E-state index in [1.165, 1.54) is 0 Å². The van der Waals surface area contributed by atoms with Crippen LogP contribution in [0.5, 0.6) is 0 Å². The van der Waals surface area contributed by atoms with Gasteiger partial charge in [-0.25, -0.2) is 0 Å². The lowest BCUT2D eigenvalue weighted by molar-refractivity contribution is 0.0180. The second-order valence-corrected chi connectivity index (χ2v) is 4.72. The number of rotatable bonds is 4. The lowest BCUT2D eigenvalue weighted by atomic mass is 9.86. The maximum absolute atomic E-state index is 6.37. The molecular formula is C16H22N2O2. The minimum Gasteiger partial charge on any atom is -0.353 e. The summed E-state index contributed by atoms with van der Waals surface area (Å²) >= 11 is 0. The zero-order chi connectivity index (χ0) is 14.6. The van der Waals surface area contributed by atoms with Gasteiger partial charge in [-0.3, -0.25) is 11.5 Å². The third-order valence-corrected chi connectivity index (χ3v) is 3.33. The summed E-state index contributed by atoms with van der Waals surface area (Å²) in [6, 6.07) is 0. The first kappa shape index (κ1) is 14.9. The Labute approximate surface area is 120 Å². The topological polar surface area (TPSA) is 70.5 Å². The van der Waals surface area contributed by atoms with Crippen LogP contribution in [0.1, 0.15) is 13.8 Å². The van der Waals surface area contributed by atoms with Crippen molar-refractivity contribution >= 4 is 0 Å². The van der Waals surface area contributed by atoms with Gasteiger partial charge >= 0.3 is 0 Å². The first-order valence-corrected chi connectivity index (χ1v) is 6.88. The standard InChI is InChI=1S/C16H22N2O2/c1-3-19-15(17)11-7-5-9-13(15)14-10-6-8-12-16(14,18)20-4-2/h5-12H,3-4,17-18H2,1-2H3. The molecule has 2 aliphatic rings. The molecule has 0 aliphatic heterocycles.